The Labute approximate surface area is 99.0 Å². The van der Waals surface area contributed by atoms with Crippen molar-refractivity contribution < 1.29 is 9.53 Å². The summed E-state index contributed by atoms with van der Waals surface area (Å²) in [4.78, 5) is 15.7. The molecular weight excluding hydrogens is 228 g/mol. The van der Waals surface area contributed by atoms with Crippen molar-refractivity contribution in [3.8, 4) is 0 Å². The number of hydrogen-bond donors (Lipinski definition) is 1. The first kappa shape index (κ1) is 11.4. The van der Waals surface area contributed by atoms with Crippen LogP contribution in [0.4, 0.5) is 5.69 Å². The van der Waals surface area contributed by atoms with E-state index in [1.165, 1.54) is 0 Å². The van der Waals surface area contributed by atoms with Crippen LogP contribution in [0.15, 0.2) is 18.3 Å². The van der Waals surface area contributed by atoms with Crippen molar-refractivity contribution in [3.05, 3.63) is 23.5 Å². The number of rotatable bonds is 2. The van der Waals surface area contributed by atoms with Crippen LogP contribution >= 0.6 is 11.6 Å². The van der Waals surface area contributed by atoms with Crippen LogP contribution in [0.5, 0.6) is 0 Å². The van der Waals surface area contributed by atoms with Crippen molar-refractivity contribution >= 4 is 23.2 Å². The zero-order valence-electron chi connectivity index (χ0n) is 8.78. The minimum absolute atomic E-state index is 0.0121. The Morgan fingerprint density at radius 3 is 3.19 bits per heavy atom. The molecule has 4 nitrogen and oxygen atoms in total. The second kappa shape index (κ2) is 5.27. The molecule has 0 saturated carbocycles. The van der Waals surface area contributed by atoms with Crippen LogP contribution in [0.1, 0.15) is 12.8 Å². The van der Waals surface area contributed by atoms with E-state index in [2.05, 4.69) is 10.3 Å². The normalized spacial score (nSPS) is 20.4. The van der Waals surface area contributed by atoms with Gasteiger partial charge in [-0.15, -0.1) is 0 Å². The smallest absolute Gasteiger partial charge is 0.229 e. The molecule has 1 aliphatic rings. The first-order chi connectivity index (χ1) is 7.75. The van der Waals surface area contributed by atoms with E-state index in [1.807, 2.05) is 0 Å². The number of carbonyl (C=O) groups excluding carboxylic acids is 1. The molecule has 1 amide bonds. The number of anilines is 1. The SMILES string of the molecule is O=C(Nc1ccnc(Cl)c1)[C@H]1CCCOC1. The Kier molecular flexibility index (Phi) is 3.74. The number of ether oxygens (including phenoxy) is 1. The van der Waals surface area contributed by atoms with Crippen molar-refractivity contribution in [2.75, 3.05) is 18.5 Å². The lowest BCUT2D eigenvalue weighted by atomic mass is 10.0. The molecule has 0 bridgehead atoms. The molecule has 86 valence electrons. The van der Waals surface area contributed by atoms with Gasteiger partial charge in [0.1, 0.15) is 5.15 Å². The Morgan fingerprint density at radius 1 is 1.62 bits per heavy atom. The highest BCUT2D eigenvalue weighted by Crippen LogP contribution is 2.17. The predicted molar refractivity (Wildman–Crippen MR) is 61.4 cm³/mol. The maximum Gasteiger partial charge on any atom is 0.229 e. The van der Waals surface area contributed by atoms with E-state index in [0.717, 1.165) is 19.4 Å². The number of carbonyl (C=O) groups is 1. The number of amides is 1. The van der Waals surface area contributed by atoms with Crippen LogP contribution in [0.25, 0.3) is 0 Å². The fourth-order valence-electron chi connectivity index (χ4n) is 1.67. The quantitative estimate of drug-likeness (QED) is 0.806. The van der Waals surface area contributed by atoms with Gasteiger partial charge in [0.2, 0.25) is 5.91 Å². The molecule has 1 saturated heterocycles. The first-order valence-corrected chi connectivity index (χ1v) is 5.63. The number of hydrogen-bond acceptors (Lipinski definition) is 3. The van der Waals surface area contributed by atoms with Crippen molar-refractivity contribution in [2.45, 2.75) is 12.8 Å². The zero-order valence-corrected chi connectivity index (χ0v) is 9.54. The topological polar surface area (TPSA) is 51.2 Å². The Bertz CT molecular complexity index is 378. The van der Waals surface area contributed by atoms with Gasteiger partial charge in [0.25, 0.3) is 0 Å². The Hall–Kier alpha value is -1.13. The molecule has 2 rings (SSSR count). The fraction of sp³-hybridized carbons (Fsp3) is 0.455. The highest BCUT2D eigenvalue weighted by Gasteiger charge is 2.21. The molecule has 1 aromatic heterocycles. The molecule has 1 fully saturated rings. The highest BCUT2D eigenvalue weighted by molar-refractivity contribution is 6.29. The van der Waals surface area contributed by atoms with Gasteiger partial charge in [0.15, 0.2) is 0 Å². The van der Waals surface area contributed by atoms with Crippen LogP contribution in [0.3, 0.4) is 0 Å². The van der Waals surface area contributed by atoms with Crippen LogP contribution in [-0.4, -0.2) is 24.1 Å². The van der Waals surface area contributed by atoms with Gasteiger partial charge >= 0.3 is 0 Å². The lowest BCUT2D eigenvalue weighted by Crippen LogP contribution is -2.30. The molecular formula is C11H13ClN2O2. The molecule has 0 aliphatic carbocycles. The van der Waals surface area contributed by atoms with Crippen LogP contribution in [0, 0.1) is 5.92 Å². The van der Waals surface area contributed by atoms with Gasteiger partial charge in [0, 0.05) is 18.5 Å². The minimum atomic E-state index is -0.0549. The Balaban J connectivity index is 1.96. The fourth-order valence-corrected chi connectivity index (χ4v) is 1.85. The molecule has 0 spiro atoms. The lowest BCUT2D eigenvalue weighted by molar-refractivity contribution is -0.123. The van der Waals surface area contributed by atoms with Gasteiger partial charge in [-0.1, -0.05) is 11.6 Å². The summed E-state index contributed by atoms with van der Waals surface area (Å²) in [5, 5.41) is 3.18. The summed E-state index contributed by atoms with van der Waals surface area (Å²) in [6.07, 6.45) is 3.38. The van der Waals surface area contributed by atoms with Gasteiger partial charge in [-0.3, -0.25) is 4.79 Å². The number of nitrogens with one attached hydrogen (secondary N) is 1. The van der Waals surface area contributed by atoms with Crippen molar-refractivity contribution in [1.29, 1.82) is 0 Å². The van der Waals surface area contributed by atoms with E-state index in [0.29, 0.717) is 17.4 Å². The van der Waals surface area contributed by atoms with Crippen LogP contribution in [0.2, 0.25) is 5.15 Å². The summed E-state index contributed by atoms with van der Waals surface area (Å²) < 4.78 is 5.27. The summed E-state index contributed by atoms with van der Waals surface area (Å²) in [7, 11) is 0. The second-order valence-corrected chi connectivity index (χ2v) is 4.16. The minimum Gasteiger partial charge on any atom is -0.381 e. The van der Waals surface area contributed by atoms with Gasteiger partial charge < -0.3 is 10.1 Å². The molecule has 16 heavy (non-hydrogen) atoms. The third-order valence-corrected chi connectivity index (χ3v) is 2.73. The molecule has 0 unspecified atom stereocenters. The maximum absolute atomic E-state index is 11.8. The molecule has 0 aromatic carbocycles. The lowest BCUT2D eigenvalue weighted by Gasteiger charge is -2.21. The number of aromatic nitrogens is 1. The van der Waals surface area contributed by atoms with E-state index in [-0.39, 0.29) is 11.8 Å². The van der Waals surface area contributed by atoms with Gasteiger partial charge in [-0.25, -0.2) is 4.98 Å². The number of nitrogens with zero attached hydrogens (tertiary/aromatic N) is 1. The van der Waals surface area contributed by atoms with Gasteiger partial charge in [0.05, 0.1) is 12.5 Å². The van der Waals surface area contributed by atoms with Crippen LogP contribution in [-0.2, 0) is 9.53 Å². The molecule has 1 aromatic rings. The third kappa shape index (κ3) is 2.93. The average Bonchev–Trinajstić information content (AvgIpc) is 2.30. The molecule has 2 heterocycles. The predicted octanol–water partition coefficient (Wildman–Crippen LogP) is 2.10. The summed E-state index contributed by atoms with van der Waals surface area (Å²) >= 11 is 5.73. The van der Waals surface area contributed by atoms with E-state index in [1.54, 1.807) is 18.3 Å². The standard InChI is InChI=1S/C11H13ClN2O2/c12-10-6-9(3-4-13-10)14-11(15)8-2-1-5-16-7-8/h3-4,6,8H,1-2,5,7H2,(H,13,14,15)/t8-/m0/s1. The monoisotopic (exact) mass is 240 g/mol. The van der Waals surface area contributed by atoms with Crippen molar-refractivity contribution in [1.82, 2.24) is 4.98 Å². The molecule has 0 radical (unpaired) electrons. The van der Waals surface area contributed by atoms with Crippen molar-refractivity contribution in [2.24, 2.45) is 5.92 Å². The van der Waals surface area contributed by atoms with E-state index in [4.69, 9.17) is 16.3 Å². The molecule has 1 N–H and O–H groups in total. The summed E-state index contributed by atoms with van der Waals surface area (Å²) in [5.74, 6) is -0.0670. The maximum atomic E-state index is 11.8. The summed E-state index contributed by atoms with van der Waals surface area (Å²) in [5.41, 5.74) is 0.676. The zero-order chi connectivity index (χ0) is 11.4. The number of halogens is 1. The molecule has 1 aliphatic heterocycles. The molecule has 1 atom stereocenters. The van der Waals surface area contributed by atoms with E-state index < -0.39 is 0 Å². The van der Waals surface area contributed by atoms with Crippen molar-refractivity contribution in [3.63, 3.8) is 0 Å². The third-order valence-electron chi connectivity index (χ3n) is 2.53. The average molecular weight is 241 g/mol. The molecule has 5 heteroatoms. The highest BCUT2D eigenvalue weighted by atomic mass is 35.5. The number of pyridine rings is 1. The van der Waals surface area contributed by atoms with E-state index >= 15 is 0 Å². The van der Waals surface area contributed by atoms with Gasteiger partial charge in [-0.05, 0) is 25.0 Å². The second-order valence-electron chi connectivity index (χ2n) is 3.77. The largest absolute Gasteiger partial charge is 0.381 e. The first-order valence-electron chi connectivity index (χ1n) is 5.26. The summed E-state index contributed by atoms with van der Waals surface area (Å²) in [6, 6.07) is 3.34. The summed E-state index contributed by atoms with van der Waals surface area (Å²) in [6.45, 7) is 1.26. The van der Waals surface area contributed by atoms with Crippen LogP contribution < -0.4 is 5.32 Å². The van der Waals surface area contributed by atoms with Gasteiger partial charge in [-0.2, -0.15) is 0 Å². The van der Waals surface area contributed by atoms with E-state index in [9.17, 15) is 4.79 Å². The Morgan fingerprint density at radius 2 is 2.50 bits per heavy atom.